The fraction of sp³-hybridized carbons (Fsp3) is 0.278. The van der Waals surface area contributed by atoms with Crippen molar-refractivity contribution in [1.29, 1.82) is 0 Å². The molecule has 0 saturated carbocycles. The van der Waals surface area contributed by atoms with Crippen molar-refractivity contribution >= 4 is 41.0 Å². The molecule has 1 aromatic heterocycles. The number of thiocarbonyl (C=S) groups is 1. The molecule has 0 aliphatic heterocycles. The van der Waals surface area contributed by atoms with Gasteiger partial charge >= 0.3 is 5.97 Å². The molecular weight excluding hydrogens is 592 g/mol. The number of carboxylic acids is 1. The maximum atomic E-state index is 13.7. The second kappa shape index (κ2) is 14.9. The van der Waals surface area contributed by atoms with Crippen molar-refractivity contribution in [3.63, 3.8) is 0 Å². The molecule has 0 amide bonds. The summed E-state index contributed by atoms with van der Waals surface area (Å²) >= 11 is 5.22. The van der Waals surface area contributed by atoms with Gasteiger partial charge in [-0.15, -0.1) is 0 Å². The number of rotatable bonds is 13. The number of carbonyl (C=O) groups is 2. The number of hydrogen-bond donors (Lipinski definition) is 3. The van der Waals surface area contributed by atoms with Crippen molar-refractivity contribution in [2.75, 3.05) is 6.61 Å². The van der Waals surface area contributed by atoms with E-state index < -0.39 is 29.2 Å². The maximum Gasteiger partial charge on any atom is 0.372 e. The van der Waals surface area contributed by atoms with E-state index in [1.807, 2.05) is 26.0 Å². The third-order valence-corrected chi connectivity index (χ3v) is 7.77. The third-order valence-electron chi connectivity index (χ3n) is 7.49. The second-order valence-electron chi connectivity index (χ2n) is 10.9. The Morgan fingerprint density at radius 2 is 1.96 bits per heavy atom. The number of aryl methyl sites for hydroxylation is 1. The number of ether oxygens (including phenoxy) is 1. The summed E-state index contributed by atoms with van der Waals surface area (Å²) in [6.45, 7) is 5.55. The summed E-state index contributed by atoms with van der Waals surface area (Å²) in [4.78, 5) is 38.4. The normalized spacial score (nSPS) is 14.1. The van der Waals surface area contributed by atoms with E-state index in [2.05, 4.69) is 0 Å². The van der Waals surface area contributed by atoms with Gasteiger partial charge in [0.25, 0.3) is 0 Å². The number of carboxylic acid groups (broad SMARTS) is 1. The van der Waals surface area contributed by atoms with Crippen LogP contribution in [0.1, 0.15) is 88.3 Å². The first-order valence-electron chi connectivity index (χ1n) is 14.7. The van der Waals surface area contributed by atoms with Gasteiger partial charge in [-0.2, -0.15) is 0 Å². The van der Waals surface area contributed by atoms with Gasteiger partial charge in [0.1, 0.15) is 16.9 Å². The SMILES string of the molecule is CCCc1c(OCC/C=C\C=C\[C@H](c2c(C(=O)O)oc3c(c2=O)=CCC(=S)C=3)[C@H](O)c2cccc(C)c2)ccc(C(C)=O)c1O. The summed E-state index contributed by atoms with van der Waals surface area (Å²) in [5.41, 5.74) is 1.68. The Balaban J connectivity index is 1.61. The highest BCUT2D eigenvalue weighted by atomic mass is 32.1. The van der Waals surface area contributed by atoms with Crippen LogP contribution in [0.5, 0.6) is 11.5 Å². The van der Waals surface area contributed by atoms with Gasteiger partial charge in [-0.1, -0.05) is 85.8 Å². The summed E-state index contributed by atoms with van der Waals surface area (Å²) < 4.78 is 11.6. The molecule has 0 spiro atoms. The first-order chi connectivity index (χ1) is 21.5. The fourth-order valence-electron chi connectivity index (χ4n) is 5.29. The molecule has 9 heteroatoms. The number of ketones is 1. The first-order valence-corrected chi connectivity index (χ1v) is 15.2. The van der Waals surface area contributed by atoms with Gasteiger partial charge < -0.3 is 24.5 Å². The van der Waals surface area contributed by atoms with Crippen LogP contribution < -0.4 is 20.8 Å². The minimum atomic E-state index is -1.43. The zero-order chi connectivity index (χ0) is 32.7. The Hall–Kier alpha value is -4.60. The van der Waals surface area contributed by atoms with Crippen molar-refractivity contribution in [3.05, 3.63) is 115 Å². The number of aromatic carboxylic acids is 1. The minimum Gasteiger partial charge on any atom is -0.507 e. The van der Waals surface area contributed by atoms with Crippen molar-refractivity contribution in [1.82, 2.24) is 0 Å². The molecule has 3 aromatic rings. The molecule has 45 heavy (non-hydrogen) atoms. The average Bonchev–Trinajstić information content (AvgIpc) is 2.99. The van der Waals surface area contributed by atoms with Crippen molar-refractivity contribution in [2.45, 2.75) is 58.5 Å². The Kier molecular flexibility index (Phi) is 11.0. The molecule has 1 aliphatic carbocycles. The Bertz CT molecular complexity index is 1860. The number of aliphatic hydroxyl groups excluding tert-OH is 1. The van der Waals surface area contributed by atoms with E-state index in [0.717, 1.165) is 12.0 Å². The molecule has 0 unspecified atom stereocenters. The van der Waals surface area contributed by atoms with E-state index in [4.69, 9.17) is 21.4 Å². The predicted octanol–water partition coefficient (Wildman–Crippen LogP) is 5.24. The monoisotopic (exact) mass is 628 g/mol. The number of allylic oxidation sites excluding steroid dienone is 2. The standard InChI is InChI=1S/C36H36O8S/c1-4-10-26-29(17-16-25(22(3)37)33(26)39)43-18-8-6-5-7-13-28(32(38)23-12-9-11-21(2)19-23)31-34(40)27-15-14-24(45)20-30(27)44-35(31)36(41)42/h5-7,9,11-13,15-17,19-20,28,32,38-39H,4,8,10,14,18H2,1-3H3,(H,41,42)/b6-5-,13-7+/t28-,32-/m1/s1. The molecule has 0 bridgehead atoms. The van der Waals surface area contributed by atoms with E-state index in [1.165, 1.54) is 13.0 Å². The van der Waals surface area contributed by atoms with E-state index in [-0.39, 0.29) is 33.3 Å². The summed E-state index contributed by atoms with van der Waals surface area (Å²) in [5.74, 6) is -2.78. The van der Waals surface area contributed by atoms with Gasteiger partial charge in [0.15, 0.2) is 11.2 Å². The summed E-state index contributed by atoms with van der Waals surface area (Å²) in [6.07, 6.45) is 10.8. The van der Waals surface area contributed by atoms with Gasteiger partial charge in [-0.3, -0.25) is 9.59 Å². The van der Waals surface area contributed by atoms with Crippen LogP contribution in [0.15, 0.2) is 69.9 Å². The van der Waals surface area contributed by atoms with Crippen LogP contribution in [0.2, 0.25) is 0 Å². The molecule has 0 fully saturated rings. The molecular formula is C36H36O8S. The Labute approximate surface area is 266 Å². The van der Waals surface area contributed by atoms with E-state index in [9.17, 15) is 29.7 Å². The van der Waals surface area contributed by atoms with E-state index in [0.29, 0.717) is 47.6 Å². The number of phenols is 1. The van der Waals surface area contributed by atoms with Crippen LogP contribution in [0.4, 0.5) is 0 Å². The van der Waals surface area contributed by atoms with Crippen LogP contribution >= 0.6 is 12.2 Å². The van der Waals surface area contributed by atoms with Gasteiger partial charge in [0.2, 0.25) is 5.76 Å². The van der Waals surface area contributed by atoms with Gasteiger partial charge in [-0.05, 0) is 50.5 Å². The number of Topliss-reactive ketones (excluding diaryl/α,β-unsaturated/α-hetero) is 1. The Morgan fingerprint density at radius 1 is 1.18 bits per heavy atom. The molecule has 1 aliphatic rings. The van der Waals surface area contributed by atoms with Gasteiger partial charge in [0, 0.05) is 22.8 Å². The van der Waals surface area contributed by atoms with E-state index in [1.54, 1.807) is 54.6 Å². The number of carbonyl (C=O) groups excluding carboxylic acids is 1. The molecule has 234 valence electrons. The lowest BCUT2D eigenvalue weighted by atomic mass is 9.86. The maximum absolute atomic E-state index is 13.7. The zero-order valence-corrected chi connectivity index (χ0v) is 26.2. The molecule has 0 saturated heterocycles. The number of fused-ring (bicyclic) bond motifs is 1. The van der Waals surface area contributed by atoms with Crippen molar-refractivity contribution in [3.8, 4) is 11.5 Å². The van der Waals surface area contributed by atoms with Crippen LogP contribution in [0, 0.1) is 6.92 Å². The number of aliphatic hydroxyl groups is 1. The highest BCUT2D eigenvalue weighted by molar-refractivity contribution is 7.81. The van der Waals surface area contributed by atoms with Crippen LogP contribution in [0.25, 0.3) is 12.2 Å². The minimum absolute atomic E-state index is 0.0517. The number of phenolic OH excluding ortho intramolecular Hbond substituents is 1. The lowest BCUT2D eigenvalue weighted by Gasteiger charge is -2.22. The second-order valence-corrected chi connectivity index (χ2v) is 11.4. The summed E-state index contributed by atoms with van der Waals surface area (Å²) in [7, 11) is 0. The molecule has 1 heterocycles. The van der Waals surface area contributed by atoms with E-state index >= 15 is 0 Å². The van der Waals surface area contributed by atoms with Crippen LogP contribution in [-0.4, -0.2) is 38.5 Å². The predicted molar refractivity (Wildman–Crippen MR) is 177 cm³/mol. The fourth-order valence-corrected chi connectivity index (χ4v) is 5.49. The topological polar surface area (TPSA) is 134 Å². The van der Waals surface area contributed by atoms with Crippen LogP contribution in [0.3, 0.4) is 0 Å². The lowest BCUT2D eigenvalue weighted by Crippen LogP contribution is -2.45. The number of benzene rings is 2. The molecule has 0 radical (unpaired) electrons. The molecule has 8 nitrogen and oxygen atoms in total. The summed E-state index contributed by atoms with van der Waals surface area (Å²) in [6, 6.07) is 10.4. The molecule has 4 rings (SSSR count). The highest BCUT2D eigenvalue weighted by Crippen LogP contribution is 2.34. The molecule has 3 N–H and O–H groups in total. The zero-order valence-electron chi connectivity index (χ0n) is 25.4. The highest BCUT2D eigenvalue weighted by Gasteiger charge is 2.31. The molecule has 2 atom stereocenters. The van der Waals surface area contributed by atoms with Gasteiger partial charge in [-0.25, -0.2) is 4.79 Å². The first kappa shape index (κ1) is 33.3. The third kappa shape index (κ3) is 7.74. The van der Waals surface area contributed by atoms with Gasteiger partial charge in [0.05, 0.1) is 29.1 Å². The molecule has 2 aromatic carbocycles. The smallest absolute Gasteiger partial charge is 0.372 e. The van der Waals surface area contributed by atoms with Crippen LogP contribution in [-0.2, 0) is 6.42 Å². The van der Waals surface area contributed by atoms with Crippen molar-refractivity contribution in [2.24, 2.45) is 0 Å². The number of aromatic hydroxyl groups is 1. The Morgan fingerprint density at radius 3 is 2.64 bits per heavy atom. The lowest BCUT2D eigenvalue weighted by molar-refractivity contribution is 0.0650. The van der Waals surface area contributed by atoms with Crippen molar-refractivity contribution < 1.29 is 34.1 Å². The average molecular weight is 629 g/mol. The number of hydrogen-bond acceptors (Lipinski definition) is 8. The largest absolute Gasteiger partial charge is 0.507 e. The summed E-state index contributed by atoms with van der Waals surface area (Å²) in [5, 5.41) is 32.3. The quantitative estimate of drug-likeness (QED) is 0.101.